The van der Waals surface area contributed by atoms with Crippen molar-refractivity contribution >= 4 is 39.1 Å². The molecule has 0 radical (unpaired) electrons. The van der Waals surface area contributed by atoms with Gasteiger partial charge in [-0.25, -0.2) is 13.6 Å². The summed E-state index contributed by atoms with van der Waals surface area (Å²) in [7, 11) is -4.01. The van der Waals surface area contributed by atoms with Crippen LogP contribution in [0.2, 0.25) is 10.0 Å². The molecule has 5 nitrogen and oxygen atoms in total. The number of piperidine rings is 1. The Labute approximate surface area is 134 Å². The summed E-state index contributed by atoms with van der Waals surface area (Å²) >= 11 is 11.9. The van der Waals surface area contributed by atoms with E-state index < -0.39 is 10.0 Å². The zero-order valence-electron chi connectivity index (χ0n) is 11.5. The second-order valence-corrected chi connectivity index (χ2v) is 7.65. The predicted molar refractivity (Wildman–Crippen MR) is 82.1 cm³/mol. The van der Waals surface area contributed by atoms with Crippen molar-refractivity contribution in [2.24, 2.45) is 11.1 Å². The molecule has 0 bridgehead atoms. The van der Waals surface area contributed by atoms with Crippen molar-refractivity contribution in [1.29, 1.82) is 0 Å². The molecule has 0 aromatic heterocycles. The van der Waals surface area contributed by atoms with E-state index in [1.54, 1.807) is 4.90 Å². The van der Waals surface area contributed by atoms with Crippen LogP contribution in [0.5, 0.6) is 0 Å². The standard InChI is InChI=1S/C13H16Cl2N2O3S/c1-8-3-2-4-17(7-8)13(18)9-5-12(21(16,19)20)11(15)6-10(9)14/h5-6,8H,2-4,7H2,1H3,(H2,16,19,20). The Bertz CT molecular complexity index is 676. The molecule has 8 heteroatoms. The summed E-state index contributed by atoms with van der Waals surface area (Å²) in [4.78, 5) is 13.9. The van der Waals surface area contributed by atoms with E-state index >= 15 is 0 Å². The van der Waals surface area contributed by atoms with Gasteiger partial charge in [-0.3, -0.25) is 4.79 Å². The summed E-state index contributed by atoms with van der Waals surface area (Å²) < 4.78 is 23.0. The SMILES string of the molecule is CC1CCCN(C(=O)c2cc(S(N)(=O)=O)c(Cl)cc2Cl)C1. The van der Waals surface area contributed by atoms with Crippen molar-refractivity contribution in [3.8, 4) is 0 Å². The van der Waals surface area contributed by atoms with E-state index in [-0.39, 0.29) is 26.4 Å². The number of hydrogen-bond acceptors (Lipinski definition) is 3. The van der Waals surface area contributed by atoms with Gasteiger partial charge in [0.25, 0.3) is 5.91 Å². The third-order valence-corrected chi connectivity index (χ3v) is 5.19. The number of sulfonamides is 1. The highest BCUT2D eigenvalue weighted by molar-refractivity contribution is 7.89. The van der Waals surface area contributed by atoms with Gasteiger partial charge in [-0.1, -0.05) is 30.1 Å². The minimum Gasteiger partial charge on any atom is -0.338 e. The van der Waals surface area contributed by atoms with Crippen molar-refractivity contribution in [2.75, 3.05) is 13.1 Å². The first-order valence-electron chi connectivity index (χ1n) is 6.51. The smallest absolute Gasteiger partial charge is 0.255 e. The molecular weight excluding hydrogens is 335 g/mol. The summed E-state index contributed by atoms with van der Waals surface area (Å²) in [6.45, 7) is 3.33. The molecule has 0 spiro atoms. The topological polar surface area (TPSA) is 80.5 Å². The molecule has 1 amide bonds. The normalized spacial score (nSPS) is 19.6. The van der Waals surface area contributed by atoms with Crippen molar-refractivity contribution in [1.82, 2.24) is 4.90 Å². The van der Waals surface area contributed by atoms with E-state index in [1.807, 2.05) is 0 Å². The Balaban J connectivity index is 2.41. The van der Waals surface area contributed by atoms with Gasteiger partial charge in [0.2, 0.25) is 10.0 Å². The average molecular weight is 351 g/mol. The van der Waals surface area contributed by atoms with Crippen LogP contribution >= 0.6 is 23.2 Å². The first-order chi connectivity index (χ1) is 9.70. The molecule has 116 valence electrons. The molecular formula is C13H16Cl2N2O3S. The maximum Gasteiger partial charge on any atom is 0.255 e. The second-order valence-electron chi connectivity index (χ2n) is 5.31. The maximum atomic E-state index is 12.5. The van der Waals surface area contributed by atoms with Gasteiger partial charge in [0.05, 0.1) is 15.6 Å². The molecule has 1 aliphatic rings. The van der Waals surface area contributed by atoms with Gasteiger partial charge < -0.3 is 4.90 Å². The molecule has 1 aromatic carbocycles. The highest BCUT2D eigenvalue weighted by atomic mass is 35.5. The molecule has 1 fully saturated rings. The molecule has 0 saturated carbocycles. The van der Waals surface area contributed by atoms with Crippen LogP contribution < -0.4 is 5.14 Å². The van der Waals surface area contributed by atoms with E-state index in [1.165, 1.54) is 6.07 Å². The molecule has 2 N–H and O–H groups in total. The van der Waals surface area contributed by atoms with Gasteiger partial charge >= 0.3 is 0 Å². The molecule has 0 aliphatic carbocycles. The lowest BCUT2D eigenvalue weighted by Gasteiger charge is -2.31. The van der Waals surface area contributed by atoms with E-state index in [9.17, 15) is 13.2 Å². The first-order valence-corrected chi connectivity index (χ1v) is 8.81. The minimum absolute atomic E-state index is 0.0916. The Kier molecular flexibility index (Phi) is 4.82. The van der Waals surface area contributed by atoms with Gasteiger partial charge in [-0.05, 0) is 30.9 Å². The lowest BCUT2D eigenvalue weighted by atomic mass is 9.99. The number of likely N-dealkylation sites (tertiary alicyclic amines) is 1. The largest absolute Gasteiger partial charge is 0.338 e. The molecule has 21 heavy (non-hydrogen) atoms. The Morgan fingerprint density at radius 3 is 2.57 bits per heavy atom. The summed E-state index contributed by atoms with van der Waals surface area (Å²) in [6.07, 6.45) is 1.99. The lowest BCUT2D eigenvalue weighted by molar-refractivity contribution is 0.0683. The van der Waals surface area contributed by atoms with Crippen LogP contribution in [0.3, 0.4) is 0 Å². The summed E-state index contributed by atoms with van der Waals surface area (Å²) in [6, 6.07) is 2.39. The van der Waals surface area contributed by atoms with Gasteiger partial charge in [0, 0.05) is 13.1 Å². The minimum atomic E-state index is -4.01. The third-order valence-electron chi connectivity index (χ3n) is 3.50. The Morgan fingerprint density at radius 2 is 2.00 bits per heavy atom. The van der Waals surface area contributed by atoms with Crippen molar-refractivity contribution in [3.63, 3.8) is 0 Å². The number of amides is 1. The Morgan fingerprint density at radius 1 is 1.33 bits per heavy atom. The monoisotopic (exact) mass is 350 g/mol. The number of nitrogens with zero attached hydrogens (tertiary/aromatic N) is 1. The molecule has 1 atom stereocenters. The molecule has 1 aliphatic heterocycles. The van der Waals surface area contributed by atoms with Gasteiger partial charge in [0.15, 0.2) is 0 Å². The van der Waals surface area contributed by atoms with Crippen LogP contribution in [-0.2, 0) is 10.0 Å². The zero-order chi connectivity index (χ0) is 15.8. The highest BCUT2D eigenvalue weighted by Crippen LogP contribution is 2.29. The van der Waals surface area contributed by atoms with E-state index in [2.05, 4.69) is 6.92 Å². The van der Waals surface area contributed by atoms with Gasteiger partial charge in [-0.2, -0.15) is 0 Å². The number of nitrogens with two attached hydrogens (primary N) is 1. The number of rotatable bonds is 2. The Hall–Kier alpha value is -0.820. The number of hydrogen-bond donors (Lipinski definition) is 1. The van der Waals surface area contributed by atoms with E-state index in [0.717, 1.165) is 18.9 Å². The highest BCUT2D eigenvalue weighted by Gasteiger charge is 2.26. The van der Waals surface area contributed by atoms with Crippen LogP contribution in [0, 0.1) is 5.92 Å². The average Bonchev–Trinajstić information content (AvgIpc) is 2.36. The van der Waals surface area contributed by atoms with Crippen molar-refractivity contribution in [3.05, 3.63) is 27.7 Å². The summed E-state index contributed by atoms with van der Waals surface area (Å²) in [5.74, 6) is 0.111. The number of carbonyl (C=O) groups is 1. The lowest BCUT2D eigenvalue weighted by Crippen LogP contribution is -2.39. The fraction of sp³-hybridized carbons (Fsp3) is 0.462. The summed E-state index contributed by atoms with van der Waals surface area (Å²) in [5.41, 5.74) is 0.110. The van der Waals surface area contributed by atoms with Crippen LogP contribution in [0.25, 0.3) is 0 Å². The van der Waals surface area contributed by atoms with Crippen LogP contribution in [-0.4, -0.2) is 32.3 Å². The first kappa shape index (κ1) is 16.5. The van der Waals surface area contributed by atoms with Gasteiger partial charge in [0.1, 0.15) is 4.90 Å². The van der Waals surface area contributed by atoms with Crippen molar-refractivity contribution in [2.45, 2.75) is 24.7 Å². The van der Waals surface area contributed by atoms with Crippen LogP contribution in [0.4, 0.5) is 0 Å². The van der Waals surface area contributed by atoms with Crippen LogP contribution in [0.1, 0.15) is 30.1 Å². The van der Waals surface area contributed by atoms with E-state index in [0.29, 0.717) is 19.0 Å². The number of halogens is 2. The number of carbonyl (C=O) groups excluding carboxylic acids is 1. The quantitative estimate of drug-likeness (QED) is 0.889. The predicted octanol–water partition coefficient (Wildman–Crippen LogP) is 2.51. The van der Waals surface area contributed by atoms with Crippen molar-refractivity contribution < 1.29 is 13.2 Å². The number of benzene rings is 1. The van der Waals surface area contributed by atoms with Crippen LogP contribution in [0.15, 0.2) is 17.0 Å². The second kappa shape index (κ2) is 6.12. The molecule has 1 unspecified atom stereocenters. The molecule has 1 saturated heterocycles. The third kappa shape index (κ3) is 3.69. The molecule has 2 rings (SSSR count). The van der Waals surface area contributed by atoms with Gasteiger partial charge in [-0.15, -0.1) is 0 Å². The van der Waals surface area contributed by atoms with E-state index in [4.69, 9.17) is 28.3 Å². The number of primary sulfonamides is 1. The maximum absolute atomic E-state index is 12.5. The fourth-order valence-corrected chi connectivity index (χ4v) is 3.85. The zero-order valence-corrected chi connectivity index (χ0v) is 13.8. The summed E-state index contributed by atoms with van der Waals surface area (Å²) in [5, 5.41) is 5.13. The molecule has 1 aromatic rings. The fourth-order valence-electron chi connectivity index (χ4n) is 2.46. The molecule has 1 heterocycles.